The minimum absolute atomic E-state index is 0.0520. The molecule has 3 nitrogen and oxygen atoms in total. The van der Waals surface area contributed by atoms with Crippen molar-refractivity contribution in [3.8, 4) is 5.75 Å². The van der Waals surface area contributed by atoms with E-state index in [2.05, 4.69) is 5.32 Å². The Hall–Kier alpha value is -1.22. The summed E-state index contributed by atoms with van der Waals surface area (Å²) in [6, 6.07) is 5.68. The first-order valence-electron chi connectivity index (χ1n) is 4.91. The van der Waals surface area contributed by atoms with Crippen LogP contribution in [-0.4, -0.2) is 18.4 Å². The summed E-state index contributed by atoms with van der Waals surface area (Å²) in [6.45, 7) is 0.731. The predicted molar refractivity (Wildman–Crippen MR) is 59.6 cm³/mol. The fourth-order valence-electron chi connectivity index (χ4n) is 1.57. The van der Waals surface area contributed by atoms with Gasteiger partial charge in [0.05, 0.1) is 6.61 Å². The van der Waals surface area contributed by atoms with Crippen molar-refractivity contribution < 1.29 is 9.53 Å². The Morgan fingerprint density at radius 3 is 3.20 bits per heavy atom. The smallest absolute Gasteiger partial charge is 0.225 e. The van der Waals surface area contributed by atoms with Crippen LogP contribution in [0.2, 0.25) is 0 Å². The van der Waals surface area contributed by atoms with Crippen LogP contribution in [0.1, 0.15) is 12.0 Å². The van der Waals surface area contributed by atoms with Crippen molar-refractivity contribution >= 4 is 23.2 Å². The second-order valence-electron chi connectivity index (χ2n) is 3.41. The highest BCUT2D eigenvalue weighted by molar-refractivity contribution is 6.19. The summed E-state index contributed by atoms with van der Waals surface area (Å²) in [7, 11) is 0. The lowest BCUT2D eigenvalue weighted by Crippen LogP contribution is -2.11. The zero-order valence-corrected chi connectivity index (χ0v) is 9.01. The molecule has 4 heteroatoms. The molecule has 1 aliphatic rings. The Labute approximate surface area is 93.4 Å². The summed E-state index contributed by atoms with van der Waals surface area (Å²) in [5.74, 6) is 1.22. The molecule has 2 rings (SSSR count). The Bertz CT molecular complexity index is 379. The minimum Gasteiger partial charge on any atom is -0.493 e. The number of fused-ring (bicyclic) bond motifs is 1. The van der Waals surface area contributed by atoms with Gasteiger partial charge in [0, 0.05) is 24.4 Å². The summed E-state index contributed by atoms with van der Waals surface area (Å²) in [5.41, 5.74) is 1.97. The highest BCUT2D eigenvalue weighted by Crippen LogP contribution is 2.27. The van der Waals surface area contributed by atoms with Gasteiger partial charge in [-0.1, -0.05) is 0 Å². The lowest BCUT2D eigenvalue weighted by molar-refractivity contribution is -0.115. The Balaban J connectivity index is 2.06. The Morgan fingerprint density at radius 1 is 1.53 bits per heavy atom. The average Bonchev–Trinajstić information content (AvgIpc) is 2.65. The van der Waals surface area contributed by atoms with Crippen LogP contribution >= 0.6 is 11.6 Å². The summed E-state index contributed by atoms with van der Waals surface area (Å²) < 4.78 is 5.37. The fourth-order valence-corrected chi connectivity index (χ4v) is 1.75. The number of carbonyl (C=O) groups excluding carboxylic acids is 1. The van der Waals surface area contributed by atoms with E-state index in [1.165, 1.54) is 0 Å². The van der Waals surface area contributed by atoms with Crippen molar-refractivity contribution in [2.24, 2.45) is 0 Å². The predicted octanol–water partition coefficient (Wildman–Crippen LogP) is 2.19. The van der Waals surface area contributed by atoms with Crippen molar-refractivity contribution in [1.29, 1.82) is 0 Å². The SMILES string of the molecule is O=C(CCCl)Nc1ccc2c(c1)CCO2. The van der Waals surface area contributed by atoms with E-state index in [9.17, 15) is 4.79 Å². The average molecular weight is 226 g/mol. The van der Waals surface area contributed by atoms with E-state index in [4.69, 9.17) is 16.3 Å². The maximum Gasteiger partial charge on any atom is 0.225 e. The van der Waals surface area contributed by atoms with Crippen LogP contribution in [-0.2, 0) is 11.2 Å². The molecule has 0 radical (unpaired) electrons. The standard InChI is InChI=1S/C11H12ClNO2/c12-5-3-11(14)13-9-1-2-10-8(7-9)4-6-15-10/h1-2,7H,3-6H2,(H,13,14). The number of hydrogen-bond acceptors (Lipinski definition) is 2. The minimum atomic E-state index is -0.0520. The van der Waals surface area contributed by atoms with Gasteiger partial charge in [0.15, 0.2) is 0 Å². The lowest BCUT2D eigenvalue weighted by Gasteiger charge is -2.05. The number of hydrogen-bond donors (Lipinski definition) is 1. The third kappa shape index (κ3) is 2.42. The molecule has 0 aromatic heterocycles. The van der Waals surface area contributed by atoms with Gasteiger partial charge in [-0.3, -0.25) is 4.79 Å². The van der Waals surface area contributed by atoms with Crippen molar-refractivity contribution in [3.05, 3.63) is 23.8 Å². The topological polar surface area (TPSA) is 38.3 Å². The van der Waals surface area contributed by atoms with Gasteiger partial charge in [-0.25, -0.2) is 0 Å². The van der Waals surface area contributed by atoms with Gasteiger partial charge in [0.1, 0.15) is 5.75 Å². The molecule has 1 N–H and O–H groups in total. The number of nitrogens with one attached hydrogen (secondary N) is 1. The molecule has 0 saturated heterocycles. The number of halogens is 1. The van der Waals surface area contributed by atoms with Gasteiger partial charge < -0.3 is 10.1 Å². The molecule has 1 aliphatic heterocycles. The molecule has 1 aromatic carbocycles. The fraction of sp³-hybridized carbons (Fsp3) is 0.364. The summed E-state index contributed by atoms with van der Waals surface area (Å²) >= 11 is 5.48. The summed E-state index contributed by atoms with van der Waals surface area (Å²) in [6.07, 6.45) is 1.25. The van der Waals surface area contributed by atoms with Crippen molar-refractivity contribution in [1.82, 2.24) is 0 Å². The third-order valence-corrected chi connectivity index (χ3v) is 2.48. The number of benzene rings is 1. The summed E-state index contributed by atoms with van der Waals surface area (Å²) in [4.78, 5) is 11.3. The molecule has 0 aliphatic carbocycles. The van der Waals surface area contributed by atoms with Gasteiger partial charge in [-0.05, 0) is 23.8 Å². The van der Waals surface area contributed by atoms with Crippen LogP contribution in [0.4, 0.5) is 5.69 Å². The summed E-state index contributed by atoms with van der Waals surface area (Å²) in [5, 5.41) is 2.79. The van der Waals surface area contributed by atoms with Gasteiger partial charge in [-0.15, -0.1) is 11.6 Å². The Morgan fingerprint density at radius 2 is 2.40 bits per heavy atom. The van der Waals surface area contributed by atoms with Crippen LogP contribution in [0.25, 0.3) is 0 Å². The molecule has 1 aromatic rings. The molecule has 80 valence electrons. The van der Waals surface area contributed by atoms with Crippen LogP contribution in [0, 0.1) is 0 Å². The van der Waals surface area contributed by atoms with Gasteiger partial charge in [0.25, 0.3) is 0 Å². The number of amides is 1. The van der Waals surface area contributed by atoms with Crippen molar-refractivity contribution in [3.63, 3.8) is 0 Å². The van der Waals surface area contributed by atoms with E-state index in [1.807, 2.05) is 18.2 Å². The molecular formula is C11H12ClNO2. The quantitative estimate of drug-likeness (QED) is 0.801. The van der Waals surface area contributed by atoms with Crippen LogP contribution in [0.3, 0.4) is 0 Å². The van der Waals surface area contributed by atoms with E-state index in [0.29, 0.717) is 12.3 Å². The number of rotatable bonds is 3. The first-order chi connectivity index (χ1) is 7.29. The van der Waals surface area contributed by atoms with Gasteiger partial charge in [-0.2, -0.15) is 0 Å². The Kier molecular flexibility index (Phi) is 3.11. The maximum atomic E-state index is 11.3. The van der Waals surface area contributed by atoms with E-state index in [0.717, 1.165) is 30.0 Å². The van der Waals surface area contributed by atoms with E-state index < -0.39 is 0 Å². The molecule has 0 unspecified atom stereocenters. The number of anilines is 1. The zero-order valence-electron chi connectivity index (χ0n) is 8.25. The largest absolute Gasteiger partial charge is 0.493 e. The first kappa shape index (κ1) is 10.3. The molecular weight excluding hydrogens is 214 g/mol. The van der Waals surface area contributed by atoms with Crippen LogP contribution < -0.4 is 10.1 Å². The highest BCUT2D eigenvalue weighted by Gasteiger charge is 2.12. The van der Waals surface area contributed by atoms with Crippen molar-refractivity contribution in [2.75, 3.05) is 17.8 Å². The van der Waals surface area contributed by atoms with E-state index in [1.54, 1.807) is 0 Å². The molecule has 0 bridgehead atoms. The second-order valence-corrected chi connectivity index (χ2v) is 3.79. The molecule has 0 saturated carbocycles. The highest BCUT2D eigenvalue weighted by atomic mass is 35.5. The number of carbonyl (C=O) groups is 1. The van der Waals surface area contributed by atoms with Gasteiger partial charge >= 0.3 is 0 Å². The molecule has 0 atom stereocenters. The monoisotopic (exact) mass is 225 g/mol. The van der Waals surface area contributed by atoms with Crippen LogP contribution in [0.15, 0.2) is 18.2 Å². The molecule has 0 fully saturated rings. The zero-order chi connectivity index (χ0) is 10.7. The normalized spacial score (nSPS) is 13.1. The molecule has 1 heterocycles. The second kappa shape index (κ2) is 4.53. The number of ether oxygens (including phenoxy) is 1. The molecule has 1 amide bonds. The first-order valence-corrected chi connectivity index (χ1v) is 5.44. The lowest BCUT2D eigenvalue weighted by atomic mass is 10.1. The number of alkyl halides is 1. The van der Waals surface area contributed by atoms with E-state index >= 15 is 0 Å². The van der Waals surface area contributed by atoms with E-state index in [-0.39, 0.29) is 5.91 Å². The maximum absolute atomic E-state index is 11.3. The molecule has 15 heavy (non-hydrogen) atoms. The van der Waals surface area contributed by atoms with Crippen molar-refractivity contribution in [2.45, 2.75) is 12.8 Å². The third-order valence-electron chi connectivity index (χ3n) is 2.29. The van der Waals surface area contributed by atoms with Gasteiger partial charge in [0.2, 0.25) is 5.91 Å². The molecule has 0 spiro atoms. The van der Waals surface area contributed by atoms with Crippen LogP contribution in [0.5, 0.6) is 5.75 Å².